The Labute approximate surface area is 104 Å². The van der Waals surface area contributed by atoms with E-state index in [9.17, 15) is 4.39 Å². The number of nitrogens with one attached hydrogen (secondary N) is 1. The number of benzene rings is 1. The van der Waals surface area contributed by atoms with E-state index in [0.717, 1.165) is 18.6 Å². The van der Waals surface area contributed by atoms with E-state index in [1.54, 1.807) is 12.1 Å². The van der Waals surface area contributed by atoms with Crippen LogP contribution in [0.3, 0.4) is 0 Å². The zero-order valence-corrected chi connectivity index (χ0v) is 11.2. The summed E-state index contributed by atoms with van der Waals surface area (Å²) in [4.78, 5) is 0. The van der Waals surface area contributed by atoms with Gasteiger partial charge in [0.15, 0.2) is 0 Å². The summed E-state index contributed by atoms with van der Waals surface area (Å²) in [7, 11) is 1.87. The van der Waals surface area contributed by atoms with E-state index in [4.69, 9.17) is 4.74 Å². The Balaban J connectivity index is 2.67. The van der Waals surface area contributed by atoms with E-state index >= 15 is 0 Å². The van der Waals surface area contributed by atoms with E-state index in [0.29, 0.717) is 11.1 Å². The van der Waals surface area contributed by atoms with Crippen molar-refractivity contribution in [3.63, 3.8) is 0 Å². The van der Waals surface area contributed by atoms with Crippen LogP contribution in [-0.2, 0) is 4.74 Å². The summed E-state index contributed by atoms with van der Waals surface area (Å²) in [6, 6.07) is 5.12. The van der Waals surface area contributed by atoms with Crippen molar-refractivity contribution in [2.45, 2.75) is 19.4 Å². The average Bonchev–Trinajstić information content (AvgIpc) is 2.29. The van der Waals surface area contributed by atoms with Crippen molar-refractivity contribution in [3.05, 3.63) is 34.1 Å². The molecule has 4 heteroatoms. The van der Waals surface area contributed by atoms with Gasteiger partial charge in [0.1, 0.15) is 5.82 Å². The second kappa shape index (κ2) is 6.99. The molecule has 1 N–H and O–H groups in total. The number of likely N-dealkylation sites (N-methyl/N-ethyl adjacent to an activating group) is 1. The number of halogens is 2. The Morgan fingerprint density at radius 3 is 2.81 bits per heavy atom. The van der Waals surface area contributed by atoms with Crippen LogP contribution in [0.2, 0.25) is 0 Å². The molecule has 2 nitrogen and oxygen atoms in total. The maximum absolute atomic E-state index is 13.1. The van der Waals surface area contributed by atoms with Gasteiger partial charge in [-0.2, -0.15) is 0 Å². The maximum Gasteiger partial charge on any atom is 0.137 e. The quantitative estimate of drug-likeness (QED) is 0.812. The van der Waals surface area contributed by atoms with E-state index < -0.39 is 0 Å². The molecule has 1 unspecified atom stereocenters. The standard InChI is InChI=1S/C12H17BrFNO/c1-3-6-16-8-12(15-2)9-4-5-11(14)10(13)7-9/h4-5,7,12,15H,3,6,8H2,1-2H3. The molecule has 0 fully saturated rings. The van der Waals surface area contributed by atoms with Crippen molar-refractivity contribution in [2.75, 3.05) is 20.3 Å². The third kappa shape index (κ3) is 3.85. The van der Waals surface area contributed by atoms with Crippen molar-refractivity contribution in [2.24, 2.45) is 0 Å². The van der Waals surface area contributed by atoms with Crippen LogP contribution in [0, 0.1) is 5.82 Å². The molecule has 0 bridgehead atoms. The van der Waals surface area contributed by atoms with Crippen LogP contribution >= 0.6 is 15.9 Å². The second-order valence-corrected chi connectivity index (χ2v) is 4.44. The van der Waals surface area contributed by atoms with Crippen LogP contribution < -0.4 is 5.32 Å². The van der Waals surface area contributed by atoms with Gasteiger partial charge >= 0.3 is 0 Å². The first kappa shape index (κ1) is 13.6. The van der Waals surface area contributed by atoms with E-state index in [2.05, 4.69) is 28.2 Å². The number of ether oxygens (including phenoxy) is 1. The van der Waals surface area contributed by atoms with E-state index in [1.807, 2.05) is 7.05 Å². The third-order valence-electron chi connectivity index (χ3n) is 2.33. The Hall–Kier alpha value is -0.450. The third-order valence-corrected chi connectivity index (χ3v) is 2.94. The minimum absolute atomic E-state index is 0.100. The van der Waals surface area contributed by atoms with Crippen LogP contribution in [0.15, 0.2) is 22.7 Å². The van der Waals surface area contributed by atoms with Crippen molar-refractivity contribution in [3.8, 4) is 0 Å². The minimum atomic E-state index is -0.243. The lowest BCUT2D eigenvalue weighted by atomic mass is 10.1. The van der Waals surface area contributed by atoms with Crippen LogP contribution in [0.4, 0.5) is 4.39 Å². The molecule has 1 atom stereocenters. The van der Waals surface area contributed by atoms with Gasteiger partial charge in [-0.25, -0.2) is 4.39 Å². The molecule has 16 heavy (non-hydrogen) atoms. The van der Waals surface area contributed by atoms with E-state index in [-0.39, 0.29) is 11.9 Å². The Bertz CT molecular complexity index is 333. The molecule has 0 heterocycles. The number of hydrogen-bond donors (Lipinski definition) is 1. The van der Waals surface area contributed by atoms with Gasteiger partial charge in [-0.05, 0) is 47.1 Å². The summed E-state index contributed by atoms with van der Waals surface area (Å²) < 4.78 is 19.0. The lowest BCUT2D eigenvalue weighted by molar-refractivity contribution is 0.114. The van der Waals surface area contributed by atoms with Crippen molar-refractivity contribution >= 4 is 15.9 Å². The first-order valence-electron chi connectivity index (χ1n) is 5.39. The van der Waals surface area contributed by atoms with Crippen molar-refractivity contribution in [1.29, 1.82) is 0 Å². The summed E-state index contributed by atoms with van der Waals surface area (Å²) in [6.45, 7) is 3.42. The fourth-order valence-corrected chi connectivity index (χ4v) is 1.82. The molecule has 0 aliphatic rings. The molecule has 0 spiro atoms. The summed E-state index contributed by atoms with van der Waals surface area (Å²) in [5.41, 5.74) is 1.02. The lowest BCUT2D eigenvalue weighted by Gasteiger charge is -2.17. The molecule has 90 valence electrons. The summed E-state index contributed by atoms with van der Waals surface area (Å²) >= 11 is 3.18. The summed E-state index contributed by atoms with van der Waals surface area (Å²) in [6.07, 6.45) is 1.00. The molecule has 0 aromatic heterocycles. The second-order valence-electron chi connectivity index (χ2n) is 3.59. The highest BCUT2D eigenvalue weighted by molar-refractivity contribution is 9.10. The summed E-state index contributed by atoms with van der Waals surface area (Å²) in [5, 5.41) is 3.16. The molecule has 0 radical (unpaired) electrons. The van der Waals surface area contributed by atoms with Gasteiger partial charge in [-0.15, -0.1) is 0 Å². The van der Waals surface area contributed by atoms with Gasteiger partial charge in [0, 0.05) is 6.61 Å². The van der Waals surface area contributed by atoms with Crippen molar-refractivity contribution in [1.82, 2.24) is 5.32 Å². The highest BCUT2D eigenvalue weighted by Gasteiger charge is 2.11. The topological polar surface area (TPSA) is 21.3 Å². The molecule has 0 saturated carbocycles. The highest BCUT2D eigenvalue weighted by Crippen LogP contribution is 2.21. The molecule has 1 aromatic rings. The van der Waals surface area contributed by atoms with Crippen LogP contribution in [0.25, 0.3) is 0 Å². The Kier molecular flexibility index (Phi) is 5.95. The molecule has 1 aromatic carbocycles. The van der Waals surface area contributed by atoms with Crippen molar-refractivity contribution < 1.29 is 9.13 Å². The predicted molar refractivity (Wildman–Crippen MR) is 67.0 cm³/mol. The van der Waals surface area contributed by atoms with Gasteiger partial charge in [0.2, 0.25) is 0 Å². The summed E-state index contributed by atoms with van der Waals surface area (Å²) in [5.74, 6) is -0.243. The minimum Gasteiger partial charge on any atom is -0.379 e. The first-order chi connectivity index (χ1) is 7.69. The fourth-order valence-electron chi connectivity index (χ4n) is 1.42. The maximum atomic E-state index is 13.1. The highest BCUT2D eigenvalue weighted by atomic mass is 79.9. The van der Waals surface area contributed by atoms with E-state index in [1.165, 1.54) is 6.07 Å². The first-order valence-corrected chi connectivity index (χ1v) is 6.18. The normalized spacial score (nSPS) is 12.8. The van der Waals surface area contributed by atoms with Gasteiger partial charge in [-0.1, -0.05) is 13.0 Å². The van der Waals surface area contributed by atoms with Gasteiger partial charge in [-0.3, -0.25) is 0 Å². The molecule has 0 saturated heterocycles. The van der Waals surface area contributed by atoms with Crippen LogP contribution in [-0.4, -0.2) is 20.3 Å². The smallest absolute Gasteiger partial charge is 0.137 e. The molecule has 1 rings (SSSR count). The molecule has 0 aliphatic carbocycles. The monoisotopic (exact) mass is 289 g/mol. The molecular weight excluding hydrogens is 273 g/mol. The number of hydrogen-bond acceptors (Lipinski definition) is 2. The Morgan fingerprint density at radius 1 is 1.50 bits per heavy atom. The van der Waals surface area contributed by atoms with Gasteiger partial charge in [0.05, 0.1) is 17.1 Å². The number of rotatable bonds is 6. The zero-order chi connectivity index (χ0) is 12.0. The Morgan fingerprint density at radius 2 is 2.25 bits per heavy atom. The van der Waals surface area contributed by atoms with Gasteiger partial charge in [0.25, 0.3) is 0 Å². The van der Waals surface area contributed by atoms with Crippen LogP contribution in [0.5, 0.6) is 0 Å². The van der Waals surface area contributed by atoms with Crippen LogP contribution in [0.1, 0.15) is 24.9 Å². The fraction of sp³-hybridized carbons (Fsp3) is 0.500. The molecular formula is C12H17BrFNO. The molecule has 0 aliphatic heterocycles. The zero-order valence-electron chi connectivity index (χ0n) is 9.59. The lowest BCUT2D eigenvalue weighted by Crippen LogP contribution is -2.22. The SMILES string of the molecule is CCCOCC(NC)c1ccc(F)c(Br)c1. The average molecular weight is 290 g/mol. The molecule has 0 amide bonds. The largest absolute Gasteiger partial charge is 0.379 e. The van der Waals surface area contributed by atoms with Gasteiger partial charge < -0.3 is 10.1 Å². The predicted octanol–water partition coefficient (Wildman–Crippen LogP) is 3.28.